The Morgan fingerprint density at radius 1 is 0.805 bits per heavy atom. The first-order chi connectivity index (χ1) is 20.0. The summed E-state index contributed by atoms with van der Waals surface area (Å²) in [5.41, 5.74) is 5.19. The predicted octanol–water partition coefficient (Wildman–Crippen LogP) is 5.38. The number of nitrogens with one attached hydrogen (secondary N) is 2. The summed E-state index contributed by atoms with van der Waals surface area (Å²) in [5, 5.41) is 20.9. The summed E-state index contributed by atoms with van der Waals surface area (Å²) in [5.74, 6) is -0.482. The maximum absolute atomic E-state index is 12.4. The van der Waals surface area contributed by atoms with E-state index >= 15 is 0 Å². The first kappa shape index (κ1) is 31.1. The lowest BCUT2D eigenvalue weighted by Gasteiger charge is -2.38. The number of rotatable bonds is 12. The van der Waals surface area contributed by atoms with Crippen LogP contribution in [0, 0.1) is 0 Å². The third kappa shape index (κ3) is 10.2. The third-order valence-corrected chi connectivity index (χ3v) is 7.92. The topological polar surface area (TPSA) is 120 Å². The number of hydroxylamine groups is 1. The number of hydrogen-bond acceptors (Lipinski definition) is 7. The molecule has 9 heteroatoms. The molecule has 2 aromatic carbocycles. The van der Waals surface area contributed by atoms with Gasteiger partial charge in [0.2, 0.25) is 11.8 Å². The van der Waals surface area contributed by atoms with E-state index in [1.807, 2.05) is 48.5 Å². The maximum atomic E-state index is 12.4. The minimum Gasteiger partial charge on any atom is -0.392 e. The molecule has 9 nitrogen and oxygen atoms in total. The van der Waals surface area contributed by atoms with Crippen LogP contribution in [0.1, 0.15) is 99.7 Å². The highest BCUT2D eigenvalue weighted by atomic mass is 16.7. The lowest BCUT2D eigenvalue weighted by Crippen LogP contribution is -2.40. The molecular weight excluding hydrogens is 522 g/mol. The molecule has 0 aliphatic carbocycles. The molecule has 0 bridgehead atoms. The lowest BCUT2D eigenvalue weighted by molar-refractivity contribution is -0.253. The van der Waals surface area contributed by atoms with Crippen molar-refractivity contribution in [3.05, 3.63) is 65.2 Å². The maximum Gasteiger partial charge on any atom is 0.243 e. The molecule has 0 spiro atoms. The Morgan fingerprint density at radius 3 is 2.10 bits per heavy atom. The number of amides is 2. The summed E-state index contributed by atoms with van der Waals surface area (Å²) in [4.78, 5) is 26.0. The number of likely N-dealkylation sites (tertiary alicyclic amines) is 1. The van der Waals surface area contributed by atoms with Crippen molar-refractivity contribution in [3.8, 4) is 0 Å². The molecule has 0 radical (unpaired) electrons. The molecule has 4 N–H and O–H groups in total. The summed E-state index contributed by atoms with van der Waals surface area (Å²) in [7, 11) is 0. The zero-order valence-corrected chi connectivity index (χ0v) is 23.9. The van der Waals surface area contributed by atoms with Gasteiger partial charge in [-0.05, 0) is 62.0 Å². The molecule has 3 atom stereocenters. The van der Waals surface area contributed by atoms with Gasteiger partial charge < -0.3 is 24.8 Å². The van der Waals surface area contributed by atoms with E-state index in [2.05, 4.69) is 10.2 Å². The van der Waals surface area contributed by atoms with Gasteiger partial charge in [0.15, 0.2) is 6.29 Å². The average Bonchev–Trinajstić information content (AvgIpc) is 2.98. The average molecular weight is 568 g/mol. The molecule has 0 aromatic heterocycles. The second-order valence-electron chi connectivity index (χ2n) is 11.2. The Hall–Kier alpha value is -2.82. The Morgan fingerprint density at radius 2 is 1.44 bits per heavy atom. The molecule has 0 saturated carbocycles. The fraction of sp³-hybridized carbons (Fsp3) is 0.562. The monoisotopic (exact) mass is 567 g/mol. The first-order valence-corrected chi connectivity index (χ1v) is 15.1. The van der Waals surface area contributed by atoms with E-state index in [4.69, 9.17) is 14.7 Å². The summed E-state index contributed by atoms with van der Waals surface area (Å²) in [6.07, 6.45) is 9.17. The molecule has 0 unspecified atom stereocenters. The minimum absolute atomic E-state index is 0.0152. The standard InChI is InChI=1S/C32H45N3O6/c36-23-24-11-13-25(14-12-24)29-21-28(22-35-19-7-2-1-3-8-20-35)40-32(41-29)26-15-17-27(18-16-26)33-30(37)9-5-4-6-10-31(38)34-39/h11-18,28-29,32,36,39H,1-10,19-23H2,(H,33,37)(H,34,38)/t28-,29+,32+/m0/s1. The van der Waals surface area contributed by atoms with Crippen LogP contribution >= 0.6 is 0 Å². The van der Waals surface area contributed by atoms with Gasteiger partial charge in [0.1, 0.15) is 0 Å². The van der Waals surface area contributed by atoms with Crippen molar-refractivity contribution in [2.24, 2.45) is 0 Å². The molecular formula is C32H45N3O6. The number of carbonyl (C=O) groups is 2. The molecule has 2 aromatic rings. The molecule has 2 amide bonds. The summed E-state index contributed by atoms with van der Waals surface area (Å²) in [6, 6.07) is 15.6. The molecule has 2 aliphatic rings. The van der Waals surface area contributed by atoms with E-state index in [-0.39, 0.29) is 31.1 Å². The number of anilines is 1. The number of benzene rings is 2. The van der Waals surface area contributed by atoms with E-state index < -0.39 is 12.2 Å². The van der Waals surface area contributed by atoms with Crippen LogP contribution in [0.2, 0.25) is 0 Å². The quantitative estimate of drug-likeness (QED) is 0.154. The van der Waals surface area contributed by atoms with Crippen molar-refractivity contribution in [2.75, 3.05) is 25.0 Å². The smallest absolute Gasteiger partial charge is 0.243 e. The van der Waals surface area contributed by atoms with Crippen molar-refractivity contribution in [1.82, 2.24) is 10.4 Å². The van der Waals surface area contributed by atoms with Crippen molar-refractivity contribution in [1.29, 1.82) is 0 Å². The minimum atomic E-state index is -0.521. The second-order valence-corrected chi connectivity index (χ2v) is 11.2. The Balaban J connectivity index is 1.36. The highest BCUT2D eigenvalue weighted by molar-refractivity contribution is 5.90. The summed E-state index contributed by atoms with van der Waals surface area (Å²) < 4.78 is 13.0. The molecule has 2 aliphatic heterocycles. The first-order valence-electron chi connectivity index (χ1n) is 15.1. The number of nitrogens with zero attached hydrogens (tertiary/aromatic N) is 1. The van der Waals surface area contributed by atoms with Gasteiger partial charge in [-0.3, -0.25) is 14.8 Å². The number of aliphatic hydroxyl groups is 1. The summed E-state index contributed by atoms with van der Waals surface area (Å²) in [6.45, 7) is 3.10. The van der Waals surface area contributed by atoms with E-state index in [1.54, 1.807) is 5.48 Å². The summed E-state index contributed by atoms with van der Waals surface area (Å²) >= 11 is 0. The zero-order chi connectivity index (χ0) is 28.9. The SMILES string of the molecule is O=C(CCCCCC(=O)Nc1ccc([C@@H]2O[C@H](CN3CCCCCCC3)C[C@H](c3ccc(CO)cc3)O2)cc1)NO. The second kappa shape index (κ2) is 16.6. The molecule has 4 rings (SSSR count). The van der Waals surface area contributed by atoms with Gasteiger partial charge in [0.25, 0.3) is 0 Å². The molecule has 2 saturated heterocycles. The molecule has 224 valence electrons. The van der Waals surface area contributed by atoms with Crippen molar-refractivity contribution >= 4 is 17.5 Å². The van der Waals surface area contributed by atoms with Crippen LogP contribution in [-0.2, 0) is 25.7 Å². The van der Waals surface area contributed by atoms with Gasteiger partial charge >= 0.3 is 0 Å². The van der Waals surface area contributed by atoms with E-state index in [9.17, 15) is 14.7 Å². The van der Waals surface area contributed by atoms with Gasteiger partial charge in [-0.25, -0.2) is 5.48 Å². The highest BCUT2D eigenvalue weighted by Crippen LogP contribution is 2.38. The van der Waals surface area contributed by atoms with Gasteiger partial charge in [0.05, 0.1) is 18.8 Å². The van der Waals surface area contributed by atoms with Gasteiger partial charge in [0, 0.05) is 37.1 Å². The molecule has 2 heterocycles. The van der Waals surface area contributed by atoms with Crippen LogP contribution in [0.3, 0.4) is 0 Å². The number of aliphatic hydroxyl groups excluding tert-OH is 1. The van der Waals surface area contributed by atoms with Crippen molar-refractivity contribution in [2.45, 2.75) is 95.7 Å². The highest BCUT2D eigenvalue weighted by Gasteiger charge is 2.33. The number of hydrogen-bond donors (Lipinski definition) is 4. The molecule has 2 fully saturated rings. The number of unbranched alkanes of at least 4 members (excludes halogenated alkanes) is 2. The van der Waals surface area contributed by atoms with Crippen molar-refractivity contribution in [3.63, 3.8) is 0 Å². The van der Waals surface area contributed by atoms with Crippen LogP contribution < -0.4 is 10.8 Å². The number of carbonyl (C=O) groups excluding carboxylic acids is 2. The van der Waals surface area contributed by atoms with Gasteiger partial charge in [-0.1, -0.05) is 62.1 Å². The fourth-order valence-electron chi connectivity index (χ4n) is 5.57. The number of ether oxygens (including phenoxy) is 2. The fourth-order valence-corrected chi connectivity index (χ4v) is 5.57. The predicted molar refractivity (Wildman–Crippen MR) is 156 cm³/mol. The third-order valence-electron chi connectivity index (χ3n) is 7.92. The van der Waals surface area contributed by atoms with Crippen LogP contribution in [0.25, 0.3) is 0 Å². The van der Waals surface area contributed by atoms with Crippen LogP contribution in [0.15, 0.2) is 48.5 Å². The van der Waals surface area contributed by atoms with Crippen LogP contribution in [-0.4, -0.2) is 52.8 Å². The Labute approximate surface area is 243 Å². The lowest BCUT2D eigenvalue weighted by atomic mass is 9.99. The van der Waals surface area contributed by atoms with E-state index in [1.165, 1.54) is 32.1 Å². The largest absolute Gasteiger partial charge is 0.392 e. The molecule has 41 heavy (non-hydrogen) atoms. The van der Waals surface area contributed by atoms with Crippen molar-refractivity contribution < 1.29 is 29.4 Å². The van der Waals surface area contributed by atoms with E-state index in [0.717, 1.165) is 49.2 Å². The van der Waals surface area contributed by atoms with E-state index in [0.29, 0.717) is 24.9 Å². The van der Waals surface area contributed by atoms with Crippen LogP contribution in [0.4, 0.5) is 5.69 Å². The Kier molecular flexibility index (Phi) is 12.6. The normalized spacial score (nSPS) is 22.0. The Bertz CT molecular complexity index is 1070. The van der Waals surface area contributed by atoms with Gasteiger partial charge in [-0.2, -0.15) is 0 Å². The van der Waals surface area contributed by atoms with Crippen LogP contribution in [0.5, 0.6) is 0 Å². The van der Waals surface area contributed by atoms with Gasteiger partial charge in [-0.15, -0.1) is 0 Å². The zero-order valence-electron chi connectivity index (χ0n) is 23.9.